The van der Waals surface area contributed by atoms with Crippen molar-refractivity contribution in [1.29, 1.82) is 0 Å². The molecule has 0 aromatic heterocycles. The monoisotopic (exact) mass is 553 g/mol. The second-order valence-electron chi connectivity index (χ2n) is 6.36. The summed E-state index contributed by atoms with van der Waals surface area (Å²) in [6, 6.07) is 36.2. The third-order valence-corrected chi connectivity index (χ3v) is 4.53. The largest absolute Gasteiger partial charge is 4.00 e. The second-order valence-corrected chi connectivity index (χ2v) is 6.36. The molecule has 0 fully saturated rings. The van der Waals surface area contributed by atoms with Gasteiger partial charge in [-0.25, -0.2) is 0 Å². The molecule has 32 heavy (non-hydrogen) atoms. The maximum Gasteiger partial charge on any atom is 4.00 e. The van der Waals surface area contributed by atoms with Crippen molar-refractivity contribution in [2.24, 2.45) is 0 Å². The van der Waals surface area contributed by atoms with Crippen LogP contribution in [0.5, 0.6) is 0 Å². The molecule has 0 saturated carbocycles. The Hall–Kier alpha value is -1.44. The van der Waals surface area contributed by atoms with Gasteiger partial charge in [0.25, 0.3) is 0 Å². The van der Waals surface area contributed by atoms with Gasteiger partial charge in [0.2, 0.25) is 0 Å². The average Bonchev–Trinajstić information content (AvgIpc) is 3.43. The summed E-state index contributed by atoms with van der Waals surface area (Å²) in [7, 11) is 2.97. The Kier molecular flexibility index (Phi) is 18.5. The van der Waals surface area contributed by atoms with E-state index in [9.17, 15) is 0 Å². The van der Waals surface area contributed by atoms with Crippen LogP contribution in [-0.2, 0) is 26.2 Å². The van der Waals surface area contributed by atoms with Gasteiger partial charge in [0, 0.05) is 10.2 Å². The number of benzene rings is 3. The van der Waals surface area contributed by atoms with Gasteiger partial charge >= 0.3 is 26.2 Å². The SMILES string of the molecule is CC.C[Si].Cc1cc2c(-c3ccccc3)cccc2[cH-]1.[Cl-].[Cl-].[Zr+4].c1ccc2[cH-]ccc2c1. The molecule has 0 atom stereocenters. The van der Waals surface area contributed by atoms with Crippen molar-refractivity contribution in [1.82, 2.24) is 0 Å². The maximum absolute atomic E-state index is 2.97. The van der Waals surface area contributed by atoms with Gasteiger partial charge in [-0.3, -0.25) is 0 Å². The molecular weight excluding hydrogens is 527 g/mol. The Balaban J connectivity index is 0. The van der Waals surface area contributed by atoms with Crippen LogP contribution >= 0.6 is 0 Å². The minimum absolute atomic E-state index is 0. The van der Waals surface area contributed by atoms with Crippen LogP contribution in [0, 0.1) is 6.92 Å². The van der Waals surface area contributed by atoms with Crippen molar-refractivity contribution in [3.8, 4) is 11.1 Å². The van der Waals surface area contributed by atoms with E-state index >= 15 is 0 Å². The zero-order valence-electron chi connectivity index (χ0n) is 19.1. The van der Waals surface area contributed by atoms with E-state index in [1.54, 1.807) is 6.55 Å². The van der Waals surface area contributed by atoms with E-state index in [4.69, 9.17) is 0 Å². The zero-order chi connectivity index (χ0) is 21.1. The second kappa shape index (κ2) is 18.0. The van der Waals surface area contributed by atoms with E-state index in [-0.39, 0.29) is 51.0 Å². The first-order valence-electron chi connectivity index (χ1n) is 10.1. The van der Waals surface area contributed by atoms with E-state index in [0.717, 1.165) is 0 Å². The predicted molar refractivity (Wildman–Crippen MR) is 132 cm³/mol. The Bertz CT molecular complexity index is 1080. The molecule has 0 N–H and O–H groups in total. The normalized spacial score (nSPS) is 8.66. The molecule has 3 radical (unpaired) electrons. The summed E-state index contributed by atoms with van der Waals surface area (Å²) in [5.41, 5.74) is 3.95. The van der Waals surface area contributed by atoms with Crippen molar-refractivity contribution < 1.29 is 51.0 Å². The summed E-state index contributed by atoms with van der Waals surface area (Å²) in [5, 5.41) is 5.35. The van der Waals surface area contributed by atoms with Crippen LogP contribution in [0.1, 0.15) is 19.4 Å². The number of hydrogen-bond donors (Lipinski definition) is 0. The molecule has 0 amide bonds. The molecule has 0 aliphatic carbocycles. The fraction of sp³-hybridized carbons (Fsp3) is 0.143. The van der Waals surface area contributed by atoms with Crippen LogP contribution < -0.4 is 24.8 Å². The molecule has 163 valence electrons. The minimum Gasteiger partial charge on any atom is -1.00 e. The topological polar surface area (TPSA) is 0 Å². The summed E-state index contributed by atoms with van der Waals surface area (Å²) in [4.78, 5) is 0. The Morgan fingerprint density at radius 1 is 0.688 bits per heavy atom. The Morgan fingerprint density at radius 2 is 1.28 bits per heavy atom. The molecule has 5 rings (SSSR count). The van der Waals surface area contributed by atoms with Gasteiger partial charge in [0.15, 0.2) is 0 Å². The minimum atomic E-state index is 0. The van der Waals surface area contributed by atoms with Gasteiger partial charge in [-0.1, -0.05) is 75.3 Å². The summed E-state index contributed by atoms with van der Waals surface area (Å²) in [6.45, 7) is 7.95. The summed E-state index contributed by atoms with van der Waals surface area (Å²) >= 11 is 0. The molecular formula is C28H29Cl2SiZr. The molecule has 0 heterocycles. The third-order valence-electron chi connectivity index (χ3n) is 4.53. The van der Waals surface area contributed by atoms with Crippen molar-refractivity contribution in [3.05, 3.63) is 109 Å². The standard InChI is InChI=1S/C16H13.C9H7.C2H6.CH3Si.2ClH.Zr/c1-12-10-14-8-5-9-15(16(14)11-12)13-6-3-2-4-7-13;1-2-5-9-7-3-6-8(9)4-1;2*1-2;;;/h2-11H,1H3;1-7H;1-2H3;1H3;2*1H;/q2*-1;;;;;+4/p-2. The van der Waals surface area contributed by atoms with Crippen molar-refractivity contribution in [2.45, 2.75) is 27.3 Å². The first kappa shape index (κ1) is 32.7. The Morgan fingerprint density at radius 3 is 1.94 bits per heavy atom. The smallest absolute Gasteiger partial charge is 1.00 e. The van der Waals surface area contributed by atoms with Gasteiger partial charge in [0.05, 0.1) is 0 Å². The zero-order valence-corrected chi connectivity index (χ0v) is 24.0. The molecule has 0 nitrogen and oxygen atoms in total. The van der Waals surface area contributed by atoms with Gasteiger partial charge in [-0.15, -0.1) is 64.2 Å². The number of rotatable bonds is 1. The van der Waals surface area contributed by atoms with Gasteiger partial charge in [-0.05, 0) is 5.56 Å². The van der Waals surface area contributed by atoms with Crippen LogP contribution in [-0.4, -0.2) is 10.2 Å². The first-order chi connectivity index (χ1) is 14.3. The van der Waals surface area contributed by atoms with Crippen LogP contribution in [0.25, 0.3) is 32.7 Å². The van der Waals surface area contributed by atoms with E-state index < -0.39 is 0 Å². The summed E-state index contributed by atoms with van der Waals surface area (Å²) in [5.74, 6) is 0. The first-order valence-corrected chi connectivity index (χ1v) is 11.1. The van der Waals surface area contributed by atoms with Crippen molar-refractivity contribution in [2.75, 3.05) is 0 Å². The van der Waals surface area contributed by atoms with Crippen LogP contribution in [0.15, 0.2) is 103 Å². The molecule has 5 aromatic rings. The predicted octanol–water partition coefficient (Wildman–Crippen LogP) is 2.33. The van der Waals surface area contributed by atoms with Gasteiger partial charge in [-0.2, -0.15) is 23.6 Å². The number of hydrogen-bond acceptors (Lipinski definition) is 0. The van der Waals surface area contributed by atoms with E-state index in [1.807, 2.05) is 13.8 Å². The van der Waals surface area contributed by atoms with Crippen LogP contribution in [0.3, 0.4) is 0 Å². The summed E-state index contributed by atoms with van der Waals surface area (Å²) in [6.07, 6.45) is 0. The van der Waals surface area contributed by atoms with Crippen molar-refractivity contribution >= 4 is 31.8 Å². The quantitative estimate of drug-likeness (QED) is 0.220. The molecule has 0 unspecified atom stereocenters. The molecule has 4 heteroatoms. The van der Waals surface area contributed by atoms with Gasteiger partial charge in [0.1, 0.15) is 0 Å². The van der Waals surface area contributed by atoms with Crippen molar-refractivity contribution in [3.63, 3.8) is 0 Å². The van der Waals surface area contributed by atoms with Gasteiger partial charge < -0.3 is 24.8 Å². The molecule has 0 aliphatic rings. The molecule has 0 saturated heterocycles. The van der Waals surface area contributed by atoms with Crippen LogP contribution in [0.2, 0.25) is 6.55 Å². The fourth-order valence-corrected chi connectivity index (χ4v) is 3.32. The average molecular weight is 556 g/mol. The number of fused-ring (bicyclic) bond motifs is 2. The maximum atomic E-state index is 2.97. The summed E-state index contributed by atoms with van der Waals surface area (Å²) < 4.78 is 0. The fourth-order valence-electron chi connectivity index (χ4n) is 3.32. The van der Waals surface area contributed by atoms with Crippen LogP contribution in [0.4, 0.5) is 0 Å². The van der Waals surface area contributed by atoms with E-state index in [1.165, 1.54) is 38.2 Å². The molecule has 0 spiro atoms. The van der Waals surface area contributed by atoms with E-state index in [2.05, 4.69) is 120 Å². The third kappa shape index (κ3) is 8.83. The molecule has 0 bridgehead atoms. The number of halogens is 2. The number of aryl methyl sites for hydroxylation is 1. The van der Waals surface area contributed by atoms with E-state index in [0.29, 0.717) is 0 Å². The Labute approximate surface area is 228 Å². The molecule has 5 aromatic carbocycles. The molecule has 0 aliphatic heterocycles.